The number of nitrogens with zero attached hydrogens (tertiary/aromatic N) is 1. The van der Waals surface area contributed by atoms with E-state index in [4.69, 9.17) is 9.47 Å². The van der Waals surface area contributed by atoms with Crippen LogP contribution in [0.2, 0.25) is 0 Å². The normalized spacial score (nSPS) is 16.1. The number of hydrogen-bond acceptors (Lipinski definition) is 4. The van der Waals surface area contributed by atoms with Crippen LogP contribution in [0.25, 0.3) is 0 Å². The molecule has 2 aromatic carbocycles. The van der Waals surface area contributed by atoms with Gasteiger partial charge in [0.25, 0.3) is 0 Å². The van der Waals surface area contributed by atoms with Gasteiger partial charge in [0.2, 0.25) is 11.8 Å². The van der Waals surface area contributed by atoms with Crippen molar-refractivity contribution < 1.29 is 19.1 Å². The number of nitrogens with one attached hydrogen (secondary N) is 1. The molecule has 0 aliphatic carbocycles. The van der Waals surface area contributed by atoms with Gasteiger partial charge in [0.1, 0.15) is 11.5 Å². The summed E-state index contributed by atoms with van der Waals surface area (Å²) in [6.45, 7) is 9.19. The Hall–Kier alpha value is -3.02. The van der Waals surface area contributed by atoms with E-state index in [1.807, 2.05) is 52.0 Å². The highest BCUT2D eigenvalue weighted by Gasteiger charge is 2.36. The number of anilines is 2. The van der Waals surface area contributed by atoms with Gasteiger partial charge in [0.15, 0.2) is 0 Å². The fourth-order valence-corrected chi connectivity index (χ4v) is 3.52. The highest BCUT2D eigenvalue weighted by molar-refractivity contribution is 6.04. The average molecular weight is 396 g/mol. The Morgan fingerprint density at radius 1 is 1.14 bits per heavy atom. The standard InChI is InChI=1S/C23H28N2O4/c1-5-28-18-10-11-21(29-6-2)19(13-18)24-23(27)17-12-22(26)25(14-17)20-9-7-8-15(3)16(20)4/h7-11,13,17H,5-6,12,14H2,1-4H3,(H,24,27). The molecule has 0 aromatic heterocycles. The molecule has 0 saturated carbocycles. The van der Waals surface area contributed by atoms with Gasteiger partial charge in [-0.1, -0.05) is 12.1 Å². The van der Waals surface area contributed by atoms with Crippen LogP contribution < -0.4 is 19.7 Å². The minimum Gasteiger partial charge on any atom is -0.494 e. The summed E-state index contributed by atoms with van der Waals surface area (Å²) in [6.07, 6.45) is 0.189. The molecule has 1 unspecified atom stereocenters. The van der Waals surface area contributed by atoms with Crippen molar-refractivity contribution in [3.05, 3.63) is 47.5 Å². The fourth-order valence-electron chi connectivity index (χ4n) is 3.52. The summed E-state index contributed by atoms with van der Waals surface area (Å²) in [5.41, 5.74) is 3.61. The lowest BCUT2D eigenvalue weighted by Crippen LogP contribution is -2.28. The lowest BCUT2D eigenvalue weighted by molar-refractivity contribution is -0.122. The molecular formula is C23H28N2O4. The molecule has 2 aromatic rings. The molecule has 1 N–H and O–H groups in total. The predicted molar refractivity (Wildman–Crippen MR) is 114 cm³/mol. The number of hydrogen-bond donors (Lipinski definition) is 1. The van der Waals surface area contributed by atoms with Crippen LogP contribution in [0.3, 0.4) is 0 Å². The second-order valence-electron chi connectivity index (χ2n) is 7.14. The molecule has 0 spiro atoms. The van der Waals surface area contributed by atoms with Gasteiger partial charge < -0.3 is 19.7 Å². The number of benzene rings is 2. The van der Waals surface area contributed by atoms with Gasteiger partial charge in [-0.3, -0.25) is 9.59 Å². The number of carbonyl (C=O) groups is 2. The van der Waals surface area contributed by atoms with E-state index in [0.29, 0.717) is 36.9 Å². The Labute approximate surface area is 171 Å². The first-order valence-electron chi connectivity index (χ1n) is 10.0. The molecular weight excluding hydrogens is 368 g/mol. The molecule has 1 aliphatic rings. The van der Waals surface area contributed by atoms with Crippen molar-refractivity contribution in [1.82, 2.24) is 0 Å². The molecule has 3 rings (SSSR count). The summed E-state index contributed by atoms with van der Waals surface area (Å²) >= 11 is 0. The quantitative estimate of drug-likeness (QED) is 0.765. The third kappa shape index (κ3) is 4.53. The zero-order valence-electron chi connectivity index (χ0n) is 17.5. The van der Waals surface area contributed by atoms with E-state index >= 15 is 0 Å². The molecule has 0 radical (unpaired) electrons. The largest absolute Gasteiger partial charge is 0.494 e. The Kier molecular flexibility index (Phi) is 6.42. The van der Waals surface area contributed by atoms with E-state index < -0.39 is 5.92 Å². The van der Waals surface area contributed by atoms with Crippen LogP contribution in [-0.4, -0.2) is 31.6 Å². The monoisotopic (exact) mass is 396 g/mol. The van der Waals surface area contributed by atoms with Crippen molar-refractivity contribution in [1.29, 1.82) is 0 Å². The molecule has 6 nitrogen and oxygen atoms in total. The van der Waals surface area contributed by atoms with Crippen LogP contribution >= 0.6 is 0 Å². The van der Waals surface area contributed by atoms with Crippen molar-refractivity contribution in [2.45, 2.75) is 34.1 Å². The lowest BCUT2D eigenvalue weighted by atomic mass is 10.1. The van der Waals surface area contributed by atoms with Crippen molar-refractivity contribution in [2.24, 2.45) is 5.92 Å². The number of amides is 2. The van der Waals surface area contributed by atoms with Gasteiger partial charge in [-0.25, -0.2) is 0 Å². The highest BCUT2D eigenvalue weighted by Crippen LogP contribution is 2.33. The van der Waals surface area contributed by atoms with Gasteiger partial charge >= 0.3 is 0 Å². The van der Waals surface area contributed by atoms with Crippen molar-refractivity contribution in [3.63, 3.8) is 0 Å². The molecule has 6 heteroatoms. The maximum Gasteiger partial charge on any atom is 0.229 e. The third-order valence-corrected chi connectivity index (χ3v) is 5.18. The van der Waals surface area contributed by atoms with Gasteiger partial charge in [-0.15, -0.1) is 0 Å². The van der Waals surface area contributed by atoms with E-state index in [-0.39, 0.29) is 18.2 Å². The van der Waals surface area contributed by atoms with E-state index in [2.05, 4.69) is 5.32 Å². The summed E-state index contributed by atoms with van der Waals surface area (Å²) in [5.74, 6) is 0.589. The lowest BCUT2D eigenvalue weighted by Gasteiger charge is -2.20. The van der Waals surface area contributed by atoms with Gasteiger partial charge in [-0.2, -0.15) is 0 Å². The van der Waals surface area contributed by atoms with E-state index in [0.717, 1.165) is 16.8 Å². The molecule has 0 bridgehead atoms. The van der Waals surface area contributed by atoms with Crippen molar-refractivity contribution >= 4 is 23.2 Å². The van der Waals surface area contributed by atoms with Crippen LogP contribution in [0.5, 0.6) is 11.5 Å². The second kappa shape index (κ2) is 8.99. The molecule has 1 aliphatic heterocycles. The first kappa shape index (κ1) is 20.7. The topological polar surface area (TPSA) is 67.9 Å². The molecule has 1 heterocycles. The number of ether oxygens (including phenoxy) is 2. The van der Waals surface area contributed by atoms with Crippen LogP contribution in [0, 0.1) is 19.8 Å². The Balaban J connectivity index is 1.77. The summed E-state index contributed by atoms with van der Waals surface area (Å²) < 4.78 is 11.2. The van der Waals surface area contributed by atoms with Crippen LogP contribution in [0.4, 0.5) is 11.4 Å². The maximum atomic E-state index is 12.9. The predicted octanol–water partition coefficient (Wildman–Crippen LogP) is 4.09. The molecule has 2 amide bonds. The maximum absolute atomic E-state index is 12.9. The average Bonchev–Trinajstić information content (AvgIpc) is 3.08. The number of rotatable bonds is 7. The Morgan fingerprint density at radius 3 is 2.62 bits per heavy atom. The fraction of sp³-hybridized carbons (Fsp3) is 0.391. The summed E-state index contributed by atoms with van der Waals surface area (Å²) in [6, 6.07) is 11.2. The molecule has 1 atom stereocenters. The second-order valence-corrected chi connectivity index (χ2v) is 7.14. The van der Waals surface area contributed by atoms with Gasteiger partial charge in [0.05, 0.1) is 24.8 Å². The Bertz CT molecular complexity index is 910. The first-order valence-corrected chi connectivity index (χ1v) is 10.0. The minimum absolute atomic E-state index is 0.0352. The van der Waals surface area contributed by atoms with Gasteiger partial charge in [-0.05, 0) is 57.0 Å². The minimum atomic E-state index is -0.423. The van der Waals surface area contributed by atoms with Crippen molar-refractivity contribution in [3.8, 4) is 11.5 Å². The molecule has 1 fully saturated rings. The number of aryl methyl sites for hydroxylation is 1. The molecule has 29 heavy (non-hydrogen) atoms. The smallest absolute Gasteiger partial charge is 0.229 e. The molecule has 1 saturated heterocycles. The highest BCUT2D eigenvalue weighted by atomic mass is 16.5. The van der Waals surface area contributed by atoms with E-state index in [1.54, 1.807) is 17.0 Å². The third-order valence-electron chi connectivity index (χ3n) is 5.18. The zero-order chi connectivity index (χ0) is 21.0. The van der Waals surface area contributed by atoms with E-state index in [1.165, 1.54) is 0 Å². The van der Waals surface area contributed by atoms with Crippen LogP contribution in [0.15, 0.2) is 36.4 Å². The Morgan fingerprint density at radius 2 is 1.90 bits per heavy atom. The zero-order valence-corrected chi connectivity index (χ0v) is 17.5. The molecule has 154 valence electrons. The van der Waals surface area contributed by atoms with E-state index in [9.17, 15) is 9.59 Å². The first-order chi connectivity index (χ1) is 13.9. The summed E-state index contributed by atoms with van der Waals surface area (Å²) in [7, 11) is 0. The van der Waals surface area contributed by atoms with Crippen molar-refractivity contribution in [2.75, 3.05) is 30.0 Å². The summed E-state index contributed by atoms with van der Waals surface area (Å²) in [5, 5.41) is 2.93. The van der Waals surface area contributed by atoms with Crippen LogP contribution in [0.1, 0.15) is 31.4 Å². The number of carbonyl (C=O) groups excluding carboxylic acids is 2. The summed E-state index contributed by atoms with van der Waals surface area (Å²) in [4.78, 5) is 27.3. The van der Waals surface area contributed by atoms with Crippen LogP contribution in [-0.2, 0) is 9.59 Å². The SMILES string of the molecule is CCOc1ccc(OCC)c(NC(=O)C2CC(=O)N(c3cccc(C)c3C)C2)c1. The van der Waals surface area contributed by atoms with Gasteiger partial charge in [0, 0.05) is 24.7 Å².